The topological polar surface area (TPSA) is 62.1 Å². The smallest absolute Gasteiger partial charge is 0.241 e. The Labute approximate surface area is 136 Å². The Balaban J connectivity index is 1.53. The molecule has 120 valence electrons. The van der Waals surface area contributed by atoms with Crippen LogP contribution in [0.2, 0.25) is 0 Å². The van der Waals surface area contributed by atoms with Crippen LogP contribution in [0.5, 0.6) is 0 Å². The van der Waals surface area contributed by atoms with Crippen LogP contribution in [0.25, 0.3) is 0 Å². The van der Waals surface area contributed by atoms with E-state index in [1.54, 1.807) is 7.11 Å². The second-order valence-corrected chi connectivity index (χ2v) is 7.32. The third-order valence-electron chi connectivity index (χ3n) is 6.26. The van der Waals surface area contributed by atoms with Crippen LogP contribution < -0.4 is 5.32 Å². The highest BCUT2D eigenvalue weighted by molar-refractivity contribution is 5.90. The molecule has 4 nitrogen and oxygen atoms in total. The fourth-order valence-electron chi connectivity index (χ4n) is 4.92. The Morgan fingerprint density at radius 3 is 2.78 bits per heavy atom. The van der Waals surface area contributed by atoms with Gasteiger partial charge < -0.3 is 10.1 Å². The van der Waals surface area contributed by atoms with Crippen molar-refractivity contribution in [2.75, 3.05) is 7.11 Å². The van der Waals surface area contributed by atoms with Crippen molar-refractivity contribution in [2.24, 2.45) is 10.8 Å². The van der Waals surface area contributed by atoms with Gasteiger partial charge in [0.25, 0.3) is 0 Å². The molecule has 1 N–H and O–H groups in total. The molecule has 1 amide bonds. The first kappa shape index (κ1) is 14.7. The number of nitriles is 1. The number of rotatable bonds is 3. The molecule has 4 rings (SSSR count). The van der Waals surface area contributed by atoms with Crippen molar-refractivity contribution < 1.29 is 9.53 Å². The lowest BCUT2D eigenvalue weighted by Crippen LogP contribution is -2.43. The minimum absolute atomic E-state index is 0.0418. The first-order valence-electron chi connectivity index (χ1n) is 8.49. The summed E-state index contributed by atoms with van der Waals surface area (Å²) in [5.74, 6) is -0.0817. The molecule has 0 aromatic heterocycles. The van der Waals surface area contributed by atoms with E-state index in [-0.39, 0.29) is 23.5 Å². The van der Waals surface area contributed by atoms with Crippen LogP contribution in [-0.2, 0) is 16.0 Å². The first-order chi connectivity index (χ1) is 11.2. The number of hydrogen-bond acceptors (Lipinski definition) is 3. The standard InChI is InChI=1S/C19H22N2O2/c1-23-16-14-7-3-2-6-13(14)10-15(16)21-17(22)19(12-20)11-18(19)8-4-5-9-18/h2-3,6-7,15-16H,4-5,8-11H2,1H3,(H,21,22)/t15-,16+,19+/m1/s1. The molecule has 3 aliphatic rings. The third kappa shape index (κ3) is 1.96. The summed E-state index contributed by atoms with van der Waals surface area (Å²) in [5, 5.41) is 12.8. The van der Waals surface area contributed by atoms with Crippen LogP contribution in [0.4, 0.5) is 0 Å². The summed E-state index contributed by atoms with van der Waals surface area (Å²) in [6, 6.07) is 10.4. The Bertz CT molecular complexity index is 687. The molecular formula is C19H22N2O2. The Kier molecular flexibility index (Phi) is 3.24. The average Bonchev–Trinajstić information content (AvgIpc) is 2.85. The van der Waals surface area contributed by atoms with Crippen molar-refractivity contribution in [1.82, 2.24) is 5.32 Å². The number of carbonyl (C=O) groups is 1. The van der Waals surface area contributed by atoms with E-state index < -0.39 is 5.41 Å². The maximum atomic E-state index is 12.9. The highest BCUT2D eigenvalue weighted by Gasteiger charge is 2.73. The van der Waals surface area contributed by atoms with E-state index in [0.717, 1.165) is 44.1 Å². The van der Waals surface area contributed by atoms with E-state index in [4.69, 9.17) is 4.74 Å². The van der Waals surface area contributed by atoms with Gasteiger partial charge in [-0.1, -0.05) is 37.1 Å². The van der Waals surface area contributed by atoms with Gasteiger partial charge in [-0.25, -0.2) is 0 Å². The van der Waals surface area contributed by atoms with Crippen molar-refractivity contribution in [3.8, 4) is 6.07 Å². The third-order valence-corrected chi connectivity index (χ3v) is 6.26. The number of carbonyl (C=O) groups excluding carboxylic acids is 1. The predicted octanol–water partition coefficient (Wildman–Crippen LogP) is 2.89. The number of nitrogens with zero attached hydrogens (tertiary/aromatic N) is 1. The fourth-order valence-corrected chi connectivity index (χ4v) is 4.92. The van der Waals surface area contributed by atoms with E-state index in [9.17, 15) is 10.1 Å². The van der Waals surface area contributed by atoms with Crippen molar-refractivity contribution in [1.29, 1.82) is 5.26 Å². The molecule has 2 saturated carbocycles. The molecule has 3 atom stereocenters. The molecule has 3 aliphatic carbocycles. The Morgan fingerprint density at radius 2 is 2.09 bits per heavy atom. The van der Waals surface area contributed by atoms with Gasteiger partial charge >= 0.3 is 0 Å². The Hall–Kier alpha value is -1.86. The maximum absolute atomic E-state index is 12.9. The summed E-state index contributed by atoms with van der Waals surface area (Å²) in [4.78, 5) is 12.9. The predicted molar refractivity (Wildman–Crippen MR) is 85.4 cm³/mol. The number of hydrogen-bond donors (Lipinski definition) is 1. The summed E-state index contributed by atoms with van der Waals surface area (Å²) < 4.78 is 5.64. The van der Waals surface area contributed by atoms with Gasteiger partial charge in [0.1, 0.15) is 11.5 Å². The largest absolute Gasteiger partial charge is 0.375 e. The monoisotopic (exact) mass is 310 g/mol. The summed E-state index contributed by atoms with van der Waals surface area (Å²) in [6.07, 6.45) is 5.72. The molecule has 0 bridgehead atoms. The zero-order chi connectivity index (χ0) is 16.1. The summed E-state index contributed by atoms with van der Waals surface area (Å²) >= 11 is 0. The zero-order valence-corrected chi connectivity index (χ0v) is 13.5. The van der Waals surface area contributed by atoms with Crippen molar-refractivity contribution >= 4 is 5.91 Å². The molecule has 0 unspecified atom stereocenters. The Morgan fingerprint density at radius 1 is 1.35 bits per heavy atom. The second kappa shape index (κ2) is 5.07. The number of amides is 1. The average molecular weight is 310 g/mol. The molecule has 0 aliphatic heterocycles. The summed E-state index contributed by atoms with van der Waals surface area (Å²) in [6.45, 7) is 0. The van der Waals surface area contributed by atoms with Crippen molar-refractivity contribution in [3.63, 3.8) is 0 Å². The zero-order valence-electron chi connectivity index (χ0n) is 13.5. The lowest BCUT2D eigenvalue weighted by molar-refractivity contribution is -0.127. The van der Waals surface area contributed by atoms with Gasteiger partial charge in [0.15, 0.2) is 0 Å². The lowest BCUT2D eigenvalue weighted by atomic mass is 9.91. The van der Waals surface area contributed by atoms with E-state index >= 15 is 0 Å². The summed E-state index contributed by atoms with van der Waals surface area (Å²) in [5.41, 5.74) is 1.54. The van der Waals surface area contributed by atoms with Gasteiger partial charge in [0.2, 0.25) is 5.91 Å². The first-order valence-corrected chi connectivity index (χ1v) is 8.49. The normalized spacial score (nSPS) is 33.2. The molecule has 1 spiro atoms. The van der Waals surface area contributed by atoms with Crippen LogP contribution in [0.3, 0.4) is 0 Å². The van der Waals surface area contributed by atoms with Crippen LogP contribution >= 0.6 is 0 Å². The lowest BCUT2D eigenvalue weighted by Gasteiger charge is -2.23. The molecule has 23 heavy (non-hydrogen) atoms. The molecule has 4 heteroatoms. The van der Waals surface area contributed by atoms with Gasteiger partial charge in [-0.05, 0) is 36.8 Å². The molecular weight excluding hydrogens is 288 g/mol. The van der Waals surface area contributed by atoms with E-state index in [0.29, 0.717) is 0 Å². The van der Waals surface area contributed by atoms with Gasteiger partial charge in [0.05, 0.1) is 12.1 Å². The number of methoxy groups -OCH3 is 1. The quantitative estimate of drug-likeness (QED) is 0.933. The van der Waals surface area contributed by atoms with Crippen LogP contribution in [0.15, 0.2) is 24.3 Å². The highest BCUT2D eigenvalue weighted by Crippen LogP contribution is 2.71. The SMILES string of the molecule is CO[C@H]1c2ccccc2C[C@H]1NC(=O)[C@@]1(C#N)CC12CCCC2. The fraction of sp³-hybridized carbons (Fsp3) is 0.579. The molecule has 2 fully saturated rings. The molecule has 0 radical (unpaired) electrons. The number of ether oxygens (including phenoxy) is 1. The van der Waals surface area contributed by atoms with Crippen LogP contribution in [0.1, 0.15) is 49.3 Å². The van der Waals surface area contributed by atoms with Gasteiger partial charge in [-0.3, -0.25) is 4.79 Å². The van der Waals surface area contributed by atoms with Crippen molar-refractivity contribution in [2.45, 2.75) is 50.7 Å². The number of benzene rings is 1. The van der Waals surface area contributed by atoms with E-state index in [2.05, 4.69) is 23.5 Å². The van der Waals surface area contributed by atoms with Gasteiger partial charge in [0, 0.05) is 12.5 Å². The minimum atomic E-state index is -0.795. The van der Waals surface area contributed by atoms with E-state index in [1.165, 1.54) is 5.56 Å². The summed E-state index contributed by atoms with van der Waals surface area (Å²) in [7, 11) is 1.68. The number of nitrogens with one attached hydrogen (secondary N) is 1. The van der Waals surface area contributed by atoms with Crippen LogP contribution in [-0.4, -0.2) is 19.1 Å². The maximum Gasteiger partial charge on any atom is 0.241 e. The molecule has 1 aromatic rings. The molecule has 0 saturated heterocycles. The second-order valence-electron chi connectivity index (χ2n) is 7.32. The van der Waals surface area contributed by atoms with Gasteiger partial charge in [-0.2, -0.15) is 5.26 Å². The minimum Gasteiger partial charge on any atom is -0.375 e. The number of fused-ring (bicyclic) bond motifs is 1. The highest BCUT2D eigenvalue weighted by atomic mass is 16.5. The molecule has 0 heterocycles. The van der Waals surface area contributed by atoms with Crippen LogP contribution in [0, 0.1) is 22.2 Å². The van der Waals surface area contributed by atoms with E-state index in [1.807, 2.05) is 12.1 Å². The van der Waals surface area contributed by atoms with Crippen molar-refractivity contribution in [3.05, 3.63) is 35.4 Å². The molecule has 1 aromatic carbocycles. The van der Waals surface area contributed by atoms with Gasteiger partial charge in [-0.15, -0.1) is 0 Å².